The quantitative estimate of drug-likeness (QED) is 0.616. The van der Waals surface area contributed by atoms with Crippen molar-refractivity contribution in [3.63, 3.8) is 0 Å². The summed E-state index contributed by atoms with van der Waals surface area (Å²) in [5.74, 6) is -0.510. The van der Waals surface area contributed by atoms with Crippen molar-refractivity contribution in [1.29, 1.82) is 5.26 Å². The van der Waals surface area contributed by atoms with E-state index >= 15 is 0 Å². The van der Waals surface area contributed by atoms with E-state index in [1.807, 2.05) is 30.3 Å². The normalized spacial score (nSPS) is 19.2. The molecule has 1 aliphatic heterocycles. The summed E-state index contributed by atoms with van der Waals surface area (Å²) >= 11 is 0. The van der Waals surface area contributed by atoms with Crippen molar-refractivity contribution < 1.29 is 13.2 Å². The zero-order valence-corrected chi connectivity index (χ0v) is 15.3. The van der Waals surface area contributed by atoms with Gasteiger partial charge in [-0.15, -0.1) is 0 Å². The summed E-state index contributed by atoms with van der Waals surface area (Å²) in [6.45, 7) is 5.97. The highest BCUT2D eigenvalue weighted by atomic mass is 32.2. The highest BCUT2D eigenvalue weighted by Gasteiger charge is 2.29. The van der Waals surface area contributed by atoms with Crippen molar-refractivity contribution in [3.8, 4) is 6.07 Å². The molecule has 0 saturated carbocycles. The summed E-state index contributed by atoms with van der Waals surface area (Å²) in [4.78, 5) is 14.4. The average molecular weight is 361 g/mol. The molecule has 1 aliphatic rings. The van der Waals surface area contributed by atoms with Crippen LogP contribution in [0.5, 0.6) is 0 Å². The molecule has 25 heavy (non-hydrogen) atoms. The molecule has 0 unspecified atom stereocenters. The van der Waals surface area contributed by atoms with Crippen LogP contribution in [0.1, 0.15) is 25.8 Å². The third-order valence-electron chi connectivity index (χ3n) is 4.27. The Kier molecular flexibility index (Phi) is 6.21. The van der Waals surface area contributed by atoms with E-state index in [0.717, 1.165) is 24.3 Å². The number of amides is 1. The Bertz CT molecular complexity index is 788. The molecule has 2 rings (SSSR count). The lowest BCUT2D eigenvalue weighted by molar-refractivity contribution is -0.117. The van der Waals surface area contributed by atoms with Crippen LogP contribution in [0.3, 0.4) is 0 Å². The first-order valence-corrected chi connectivity index (χ1v) is 10.2. The van der Waals surface area contributed by atoms with Gasteiger partial charge >= 0.3 is 0 Å². The second-order valence-corrected chi connectivity index (χ2v) is 8.24. The Balaban J connectivity index is 2.09. The predicted molar refractivity (Wildman–Crippen MR) is 98.8 cm³/mol. The minimum absolute atomic E-state index is 0.0279. The van der Waals surface area contributed by atoms with Gasteiger partial charge in [0, 0.05) is 24.8 Å². The summed E-state index contributed by atoms with van der Waals surface area (Å²) < 4.78 is 22.9. The molecule has 0 radical (unpaired) electrons. The van der Waals surface area contributed by atoms with Crippen LogP contribution in [0.15, 0.2) is 29.8 Å². The van der Waals surface area contributed by atoms with Gasteiger partial charge in [-0.2, -0.15) is 5.26 Å². The number of anilines is 1. The maximum atomic E-state index is 12.2. The smallest absolute Gasteiger partial charge is 0.262 e. The lowest BCUT2D eigenvalue weighted by Crippen LogP contribution is -2.36. The van der Waals surface area contributed by atoms with E-state index in [1.165, 1.54) is 6.08 Å². The lowest BCUT2D eigenvalue weighted by atomic mass is 10.1. The largest absolute Gasteiger partial charge is 0.372 e. The van der Waals surface area contributed by atoms with E-state index in [-0.39, 0.29) is 17.1 Å². The van der Waals surface area contributed by atoms with Gasteiger partial charge < -0.3 is 10.2 Å². The van der Waals surface area contributed by atoms with Crippen LogP contribution in [0.25, 0.3) is 6.08 Å². The lowest BCUT2D eigenvalue weighted by Gasteiger charge is -2.20. The first-order chi connectivity index (χ1) is 11.9. The van der Waals surface area contributed by atoms with Crippen LogP contribution in [0.4, 0.5) is 5.69 Å². The molecular formula is C18H23N3O3S. The van der Waals surface area contributed by atoms with Gasteiger partial charge in [0.1, 0.15) is 11.6 Å². The molecule has 1 N–H and O–H groups in total. The van der Waals surface area contributed by atoms with Crippen molar-refractivity contribution in [3.05, 3.63) is 35.4 Å². The molecule has 1 aromatic rings. The van der Waals surface area contributed by atoms with Crippen molar-refractivity contribution in [2.75, 3.05) is 29.5 Å². The van der Waals surface area contributed by atoms with E-state index in [4.69, 9.17) is 0 Å². The summed E-state index contributed by atoms with van der Waals surface area (Å²) in [6.07, 6.45) is 1.91. The van der Waals surface area contributed by atoms with Crippen LogP contribution in [0.2, 0.25) is 0 Å². The molecular weight excluding hydrogens is 338 g/mol. The van der Waals surface area contributed by atoms with E-state index in [1.54, 1.807) is 0 Å². The van der Waals surface area contributed by atoms with E-state index < -0.39 is 21.8 Å². The second-order valence-electron chi connectivity index (χ2n) is 6.01. The van der Waals surface area contributed by atoms with Crippen LogP contribution < -0.4 is 10.2 Å². The van der Waals surface area contributed by atoms with Crippen molar-refractivity contribution in [1.82, 2.24) is 5.32 Å². The van der Waals surface area contributed by atoms with Gasteiger partial charge in [0.25, 0.3) is 5.91 Å². The summed E-state index contributed by atoms with van der Waals surface area (Å²) in [7, 11) is -3.07. The Hall–Kier alpha value is -2.33. The fraction of sp³-hybridized carbons (Fsp3) is 0.444. The van der Waals surface area contributed by atoms with Gasteiger partial charge in [0.05, 0.1) is 11.5 Å². The SMILES string of the molecule is CCN(CC)c1ccc(/C=C(/C#N)C(=O)N[C@@H]2CCS(=O)(=O)C2)cc1. The van der Waals surface area contributed by atoms with Gasteiger partial charge in [-0.3, -0.25) is 4.79 Å². The van der Waals surface area contributed by atoms with Crippen molar-refractivity contribution in [2.24, 2.45) is 0 Å². The molecule has 0 bridgehead atoms. The number of nitriles is 1. The number of carbonyl (C=O) groups is 1. The third-order valence-corrected chi connectivity index (χ3v) is 6.03. The Morgan fingerprint density at radius 3 is 2.44 bits per heavy atom. The molecule has 0 aliphatic carbocycles. The number of hydrogen-bond acceptors (Lipinski definition) is 5. The number of hydrogen-bond donors (Lipinski definition) is 1. The molecule has 0 aromatic heterocycles. The number of rotatable bonds is 6. The first kappa shape index (κ1) is 19.0. The van der Waals surface area contributed by atoms with Gasteiger partial charge in [-0.25, -0.2) is 8.42 Å². The first-order valence-electron chi connectivity index (χ1n) is 8.36. The second kappa shape index (κ2) is 8.17. The molecule has 1 aromatic carbocycles. The third kappa shape index (κ3) is 5.07. The monoisotopic (exact) mass is 361 g/mol. The molecule has 134 valence electrons. The van der Waals surface area contributed by atoms with E-state index in [2.05, 4.69) is 24.1 Å². The Morgan fingerprint density at radius 2 is 1.96 bits per heavy atom. The minimum atomic E-state index is -3.07. The van der Waals surface area contributed by atoms with Crippen LogP contribution in [-0.4, -0.2) is 45.0 Å². The van der Waals surface area contributed by atoms with Crippen LogP contribution in [-0.2, 0) is 14.6 Å². The van der Waals surface area contributed by atoms with Gasteiger partial charge in [0.15, 0.2) is 9.84 Å². The summed E-state index contributed by atoms with van der Waals surface area (Å²) in [5, 5.41) is 11.9. The van der Waals surface area contributed by atoms with Gasteiger partial charge in [-0.1, -0.05) is 12.1 Å². The molecule has 1 heterocycles. The van der Waals surface area contributed by atoms with Crippen molar-refractivity contribution >= 4 is 27.5 Å². The maximum Gasteiger partial charge on any atom is 0.262 e. The van der Waals surface area contributed by atoms with E-state index in [0.29, 0.717) is 6.42 Å². The van der Waals surface area contributed by atoms with Crippen LogP contribution >= 0.6 is 0 Å². The molecule has 7 heteroatoms. The number of nitrogens with one attached hydrogen (secondary N) is 1. The van der Waals surface area contributed by atoms with E-state index in [9.17, 15) is 18.5 Å². The summed E-state index contributed by atoms with van der Waals surface area (Å²) in [5.41, 5.74) is 1.81. The Labute approximate surface area is 149 Å². The average Bonchev–Trinajstić information content (AvgIpc) is 2.93. The maximum absolute atomic E-state index is 12.2. The summed E-state index contributed by atoms with van der Waals surface area (Å²) in [6, 6.07) is 9.10. The molecule has 1 amide bonds. The highest BCUT2D eigenvalue weighted by Crippen LogP contribution is 2.17. The molecule has 1 saturated heterocycles. The van der Waals surface area contributed by atoms with Crippen LogP contribution in [0, 0.1) is 11.3 Å². The van der Waals surface area contributed by atoms with Crippen molar-refractivity contribution in [2.45, 2.75) is 26.3 Å². The minimum Gasteiger partial charge on any atom is -0.372 e. The molecule has 1 atom stereocenters. The standard InChI is InChI=1S/C18H23N3O3S/c1-3-21(4-2)17-7-5-14(6-8-17)11-15(12-19)18(22)20-16-9-10-25(23,24)13-16/h5-8,11,16H,3-4,9-10,13H2,1-2H3,(H,20,22)/b15-11-/t16-/m1/s1. The molecule has 0 spiro atoms. The van der Waals surface area contributed by atoms with Gasteiger partial charge in [0.2, 0.25) is 0 Å². The number of sulfone groups is 1. The molecule has 6 nitrogen and oxygen atoms in total. The topological polar surface area (TPSA) is 90.3 Å². The fourth-order valence-electron chi connectivity index (χ4n) is 2.86. The number of carbonyl (C=O) groups excluding carboxylic acids is 1. The highest BCUT2D eigenvalue weighted by molar-refractivity contribution is 7.91. The number of nitrogens with zero attached hydrogens (tertiary/aromatic N) is 2. The number of benzene rings is 1. The zero-order chi connectivity index (χ0) is 18.4. The predicted octanol–water partition coefficient (Wildman–Crippen LogP) is 1.74. The fourth-order valence-corrected chi connectivity index (χ4v) is 4.53. The Morgan fingerprint density at radius 1 is 1.32 bits per heavy atom. The van der Waals surface area contributed by atoms with Gasteiger partial charge in [-0.05, 0) is 44.0 Å². The molecule has 1 fully saturated rings. The zero-order valence-electron chi connectivity index (χ0n) is 14.5.